The molecule has 2 aromatic heterocycles. The Balaban J connectivity index is 2.09. The molecule has 0 aliphatic rings. The van der Waals surface area contributed by atoms with Crippen LogP contribution in [-0.2, 0) is 6.54 Å². The molecule has 29 heavy (non-hydrogen) atoms. The Bertz CT molecular complexity index is 1150. The fourth-order valence-corrected chi connectivity index (χ4v) is 2.48. The summed E-state index contributed by atoms with van der Waals surface area (Å²) in [7, 11) is 0. The minimum atomic E-state index is -0.731. The number of carbonyl (C=O) groups excluding carboxylic acids is 1. The second-order valence-electron chi connectivity index (χ2n) is 6.27. The minimum Gasteiger partial charge on any atom is -0.345 e. The first-order valence-electron chi connectivity index (χ1n) is 9.00. The van der Waals surface area contributed by atoms with Gasteiger partial charge in [-0.15, -0.1) is 0 Å². The van der Waals surface area contributed by atoms with Gasteiger partial charge >= 0.3 is 17.5 Å². The normalized spacial score (nSPS) is 12.0. The van der Waals surface area contributed by atoms with Crippen molar-refractivity contribution in [1.82, 2.24) is 29.8 Å². The maximum absolute atomic E-state index is 13.2. The van der Waals surface area contributed by atoms with Crippen LogP contribution in [0.2, 0.25) is 0 Å². The van der Waals surface area contributed by atoms with E-state index in [9.17, 15) is 18.8 Å². The highest BCUT2D eigenvalue weighted by Crippen LogP contribution is 2.11. The van der Waals surface area contributed by atoms with Crippen LogP contribution in [-0.4, -0.2) is 36.4 Å². The minimum absolute atomic E-state index is 0.0631. The van der Waals surface area contributed by atoms with Gasteiger partial charge in [0.05, 0.1) is 5.69 Å². The number of nitrogens with one attached hydrogen (secondary N) is 1. The van der Waals surface area contributed by atoms with E-state index < -0.39 is 23.0 Å². The van der Waals surface area contributed by atoms with Crippen molar-refractivity contribution in [1.29, 1.82) is 0 Å². The lowest BCUT2D eigenvalue weighted by Crippen LogP contribution is -2.41. The molecule has 3 aromatic rings. The fourth-order valence-electron chi connectivity index (χ4n) is 2.48. The van der Waals surface area contributed by atoms with Crippen LogP contribution < -0.4 is 16.6 Å². The highest BCUT2D eigenvalue weighted by Gasteiger charge is 2.23. The van der Waals surface area contributed by atoms with Crippen LogP contribution in [0.4, 0.5) is 4.39 Å². The SMILES string of the molecule is CC[C@H](C)NC(=O)c1nc(-c2nn(-c3ccc(F)cc3)c(=O)n(CC)c2=O)no1. The van der Waals surface area contributed by atoms with Crippen molar-refractivity contribution < 1.29 is 13.7 Å². The largest absolute Gasteiger partial charge is 0.352 e. The molecular formula is C18H19FN6O4. The molecule has 0 radical (unpaired) electrons. The first-order chi connectivity index (χ1) is 13.8. The molecule has 0 fully saturated rings. The van der Waals surface area contributed by atoms with Gasteiger partial charge in [-0.3, -0.25) is 14.2 Å². The van der Waals surface area contributed by atoms with Crippen LogP contribution in [0.5, 0.6) is 0 Å². The van der Waals surface area contributed by atoms with E-state index in [0.717, 1.165) is 21.4 Å². The Morgan fingerprint density at radius 1 is 1.24 bits per heavy atom. The van der Waals surface area contributed by atoms with E-state index in [0.29, 0.717) is 6.42 Å². The summed E-state index contributed by atoms with van der Waals surface area (Å²) in [5.74, 6) is -1.63. The summed E-state index contributed by atoms with van der Waals surface area (Å²) in [5, 5.41) is 10.4. The van der Waals surface area contributed by atoms with Gasteiger partial charge in [-0.25, -0.2) is 9.18 Å². The molecule has 0 saturated carbocycles. The van der Waals surface area contributed by atoms with Crippen molar-refractivity contribution in [3.05, 3.63) is 56.8 Å². The van der Waals surface area contributed by atoms with Crippen LogP contribution in [0.15, 0.2) is 38.4 Å². The van der Waals surface area contributed by atoms with E-state index in [-0.39, 0.29) is 35.7 Å². The summed E-state index contributed by atoms with van der Waals surface area (Å²) >= 11 is 0. The molecule has 11 heteroatoms. The van der Waals surface area contributed by atoms with E-state index >= 15 is 0 Å². The van der Waals surface area contributed by atoms with Gasteiger partial charge in [0.15, 0.2) is 5.69 Å². The van der Waals surface area contributed by atoms with Crippen molar-refractivity contribution >= 4 is 5.91 Å². The van der Waals surface area contributed by atoms with Crippen LogP contribution in [0.25, 0.3) is 17.2 Å². The average Bonchev–Trinajstić information content (AvgIpc) is 3.19. The Kier molecular flexibility index (Phi) is 5.66. The van der Waals surface area contributed by atoms with Crippen molar-refractivity contribution in [2.45, 2.75) is 39.8 Å². The number of hydrogen-bond donors (Lipinski definition) is 1. The summed E-state index contributed by atoms with van der Waals surface area (Å²) in [6.07, 6.45) is 0.706. The molecule has 3 rings (SSSR count). The lowest BCUT2D eigenvalue weighted by Gasteiger charge is -2.09. The van der Waals surface area contributed by atoms with Crippen LogP contribution in [0.3, 0.4) is 0 Å². The number of carbonyl (C=O) groups is 1. The zero-order valence-corrected chi connectivity index (χ0v) is 16.0. The average molecular weight is 402 g/mol. The van der Waals surface area contributed by atoms with Crippen molar-refractivity contribution in [3.63, 3.8) is 0 Å². The first kappa shape index (κ1) is 20.1. The summed E-state index contributed by atoms with van der Waals surface area (Å²) in [5.41, 5.74) is -1.46. The van der Waals surface area contributed by atoms with Gasteiger partial charge in [0.25, 0.3) is 5.56 Å². The van der Waals surface area contributed by atoms with Gasteiger partial charge < -0.3 is 9.84 Å². The standard InChI is InChI=1S/C18H19FN6O4/c1-4-10(3)20-15(26)16-21-14(23-29-16)13-17(27)24(5-2)18(28)25(22-13)12-8-6-11(19)7-9-12/h6-10H,4-5H2,1-3H3,(H,20,26)/t10-/m0/s1. The van der Waals surface area contributed by atoms with Gasteiger partial charge in [0.1, 0.15) is 5.82 Å². The molecule has 0 saturated heterocycles. The van der Waals surface area contributed by atoms with E-state index in [1.165, 1.54) is 12.1 Å². The number of aromatic nitrogens is 5. The van der Waals surface area contributed by atoms with Crippen molar-refractivity contribution in [2.75, 3.05) is 0 Å². The maximum atomic E-state index is 13.2. The van der Waals surface area contributed by atoms with Crippen LogP contribution in [0.1, 0.15) is 37.9 Å². The molecule has 1 amide bonds. The number of nitrogens with zero attached hydrogens (tertiary/aromatic N) is 5. The van der Waals surface area contributed by atoms with Gasteiger partial charge in [-0.1, -0.05) is 12.1 Å². The predicted molar refractivity (Wildman–Crippen MR) is 100 cm³/mol. The fraction of sp³-hybridized carbons (Fsp3) is 0.333. The molecule has 1 aromatic carbocycles. The molecule has 0 spiro atoms. The molecule has 152 valence electrons. The third kappa shape index (κ3) is 3.98. The number of halogens is 1. The smallest absolute Gasteiger partial charge is 0.345 e. The molecule has 1 N–H and O–H groups in total. The van der Waals surface area contributed by atoms with E-state index in [4.69, 9.17) is 4.52 Å². The second-order valence-corrected chi connectivity index (χ2v) is 6.27. The first-order valence-corrected chi connectivity index (χ1v) is 9.00. The molecule has 0 aliphatic carbocycles. The topological polar surface area (TPSA) is 125 Å². The summed E-state index contributed by atoms with van der Waals surface area (Å²) in [6, 6.07) is 4.92. The van der Waals surface area contributed by atoms with Gasteiger partial charge in [0, 0.05) is 12.6 Å². The van der Waals surface area contributed by atoms with Gasteiger partial charge in [-0.05, 0) is 44.5 Å². The number of rotatable bonds is 6. The Hall–Kier alpha value is -3.63. The zero-order chi connectivity index (χ0) is 21.1. The molecule has 0 bridgehead atoms. The van der Waals surface area contributed by atoms with E-state index in [1.54, 1.807) is 6.92 Å². The third-order valence-electron chi connectivity index (χ3n) is 4.27. The third-order valence-corrected chi connectivity index (χ3v) is 4.27. The molecule has 2 heterocycles. The van der Waals surface area contributed by atoms with Crippen molar-refractivity contribution in [3.8, 4) is 17.2 Å². The quantitative estimate of drug-likeness (QED) is 0.655. The zero-order valence-electron chi connectivity index (χ0n) is 16.0. The van der Waals surface area contributed by atoms with E-state index in [1.807, 2.05) is 13.8 Å². The lowest BCUT2D eigenvalue weighted by molar-refractivity contribution is 0.0895. The van der Waals surface area contributed by atoms with Crippen LogP contribution >= 0.6 is 0 Å². The van der Waals surface area contributed by atoms with E-state index in [2.05, 4.69) is 20.6 Å². The lowest BCUT2D eigenvalue weighted by atomic mass is 10.2. The summed E-state index contributed by atoms with van der Waals surface area (Å²) < 4.78 is 20.0. The predicted octanol–water partition coefficient (Wildman–Crippen LogP) is 1.13. The van der Waals surface area contributed by atoms with Crippen LogP contribution in [0, 0.1) is 5.82 Å². The highest BCUT2D eigenvalue weighted by molar-refractivity contribution is 5.90. The highest BCUT2D eigenvalue weighted by atomic mass is 19.1. The Labute approximate surface area is 164 Å². The van der Waals surface area contributed by atoms with Gasteiger partial charge in [-0.2, -0.15) is 14.8 Å². The second kappa shape index (κ2) is 8.17. The molecule has 0 unspecified atom stereocenters. The number of hydrogen-bond acceptors (Lipinski definition) is 7. The summed E-state index contributed by atoms with van der Waals surface area (Å²) in [4.78, 5) is 41.3. The Morgan fingerprint density at radius 2 is 1.93 bits per heavy atom. The summed E-state index contributed by atoms with van der Waals surface area (Å²) in [6.45, 7) is 5.39. The monoisotopic (exact) mass is 402 g/mol. The van der Waals surface area contributed by atoms with Crippen molar-refractivity contribution in [2.24, 2.45) is 0 Å². The number of amides is 1. The number of benzene rings is 1. The molecule has 10 nitrogen and oxygen atoms in total. The molecular weight excluding hydrogens is 383 g/mol. The molecule has 1 atom stereocenters. The Morgan fingerprint density at radius 3 is 2.55 bits per heavy atom. The molecule has 0 aliphatic heterocycles. The van der Waals surface area contributed by atoms with Gasteiger partial charge in [0.2, 0.25) is 5.82 Å². The maximum Gasteiger partial charge on any atom is 0.352 e.